The predicted molar refractivity (Wildman–Crippen MR) is 81.0 cm³/mol. The van der Waals surface area contributed by atoms with Gasteiger partial charge in [-0.25, -0.2) is 0 Å². The summed E-state index contributed by atoms with van der Waals surface area (Å²) in [5.41, 5.74) is 5.90. The van der Waals surface area contributed by atoms with Crippen LogP contribution in [0.5, 0.6) is 0 Å². The molecular weight excluding hydrogens is 246 g/mol. The van der Waals surface area contributed by atoms with Crippen molar-refractivity contribution >= 4 is 0 Å². The first-order valence-corrected chi connectivity index (χ1v) is 6.70. The zero-order valence-electron chi connectivity index (χ0n) is 12.0. The van der Waals surface area contributed by atoms with E-state index in [-0.39, 0.29) is 0 Å². The largest absolute Gasteiger partial charge is 0.282 e. The summed E-state index contributed by atoms with van der Waals surface area (Å²) in [4.78, 5) is 0. The number of aromatic nitrogens is 3. The lowest BCUT2D eigenvalue weighted by atomic mass is 10.1. The zero-order chi connectivity index (χ0) is 14.1. The molecule has 3 aromatic rings. The van der Waals surface area contributed by atoms with Gasteiger partial charge in [-0.2, -0.15) is 0 Å². The van der Waals surface area contributed by atoms with Crippen molar-refractivity contribution in [2.24, 2.45) is 0 Å². The zero-order valence-corrected chi connectivity index (χ0v) is 12.0. The van der Waals surface area contributed by atoms with Crippen LogP contribution in [0.2, 0.25) is 0 Å². The van der Waals surface area contributed by atoms with E-state index in [0.29, 0.717) is 0 Å². The average molecular weight is 263 g/mol. The lowest BCUT2D eigenvalue weighted by Crippen LogP contribution is -1.98. The molecule has 0 fully saturated rings. The maximum atomic E-state index is 4.30. The molecule has 3 heteroatoms. The number of hydrogen-bond acceptors (Lipinski definition) is 2. The van der Waals surface area contributed by atoms with Crippen LogP contribution in [0.4, 0.5) is 0 Å². The van der Waals surface area contributed by atoms with Crippen LogP contribution in [0.3, 0.4) is 0 Å². The molecule has 2 aromatic carbocycles. The summed E-state index contributed by atoms with van der Waals surface area (Å²) >= 11 is 0. The fraction of sp³-hybridized carbons (Fsp3) is 0.176. The van der Waals surface area contributed by atoms with E-state index >= 15 is 0 Å². The molecule has 0 radical (unpaired) electrons. The highest BCUT2D eigenvalue weighted by Crippen LogP contribution is 2.24. The van der Waals surface area contributed by atoms with Crippen molar-refractivity contribution in [1.82, 2.24) is 14.8 Å². The summed E-state index contributed by atoms with van der Waals surface area (Å²) in [5, 5.41) is 8.38. The van der Waals surface area contributed by atoms with Gasteiger partial charge in [0.15, 0.2) is 5.82 Å². The van der Waals surface area contributed by atoms with Gasteiger partial charge in [-0.15, -0.1) is 10.2 Å². The third-order valence-corrected chi connectivity index (χ3v) is 3.42. The maximum absolute atomic E-state index is 4.30. The molecule has 1 heterocycles. The van der Waals surface area contributed by atoms with E-state index in [1.54, 1.807) is 6.33 Å². The normalized spacial score (nSPS) is 10.8. The van der Waals surface area contributed by atoms with Gasteiger partial charge in [0, 0.05) is 11.3 Å². The molecule has 0 bridgehead atoms. The molecule has 0 amide bonds. The van der Waals surface area contributed by atoms with E-state index < -0.39 is 0 Å². The van der Waals surface area contributed by atoms with E-state index in [9.17, 15) is 0 Å². The lowest BCUT2D eigenvalue weighted by molar-refractivity contribution is 1.05. The van der Waals surface area contributed by atoms with Crippen molar-refractivity contribution < 1.29 is 0 Å². The van der Waals surface area contributed by atoms with Crippen LogP contribution >= 0.6 is 0 Å². The summed E-state index contributed by atoms with van der Waals surface area (Å²) in [7, 11) is 0. The number of benzene rings is 2. The Bertz CT molecular complexity index is 736. The molecular formula is C17H17N3. The van der Waals surface area contributed by atoms with Crippen molar-refractivity contribution in [2.75, 3.05) is 0 Å². The molecule has 0 atom stereocenters. The molecule has 0 aliphatic heterocycles. The van der Waals surface area contributed by atoms with Gasteiger partial charge in [-0.3, -0.25) is 4.57 Å². The Labute approximate surface area is 118 Å². The Morgan fingerprint density at radius 2 is 1.60 bits per heavy atom. The minimum Gasteiger partial charge on any atom is -0.282 e. The highest BCUT2D eigenvalue weighted by Gasteiger charge is 2.11. The molecule has 3 rings (SSSR count). The topological polar surface area (TPSA) is 30.7 Å². The predicted octanol–water partition coefficient (Wildman–Crippen LogP) is 3.86. The first-order chi connectivity index (χ1) is 9.65. The van der Waals surface area contributed by atoms with Crippen LogP contribution in [0, 0.1) is 20.8 Å². The second kappa shape index (κ2) is 4.93. The number of rotatable bonds is 2. The molecule has 1 aromatic heterocycles. The number of aryl methyl sites for hydroxylation is 3. The van der Waals surface area contributed by atoms with E-state index in [1.807, 2.05) is 16.7 Å². The van der Waals surface area contributed by atoms with Gasteiger partial charge in [0.2, 0.25) is 0 Å². The first kappa shape index (κ1) is 12.6. The van der Waals surface area contributed by atoms with Crippen LogP contribution in [0.1, 0.15) is 16.7 Å². The van der Waals surface area contributed by atoms with Crippen molar-refractivity contribution in [3.8, 4) is 17.1 Å². The van der Waals surface area contributed by atoms with E-state index in [4.69, 9.17) is 0 Å². The molecule has 0 N–H and O–H groups in total. The van der Waals surface area contributed by atoms with Crippen molar-refractivity contribution in [3.63, 3.8) is 0 Å². The van der Waals surface area contributed by atoms with E-state index in [2.05, 4.69) is 61.3 Å². The Morgan fingerprint density at radius 1 is 0.900 bits per heavy atom. The van der Waals surface area contributed by atoms with Crippen LogP contribution in [0.25, 0.3) is 17.1 Å². The van der Waals surface area contributed by atoms with Crippen LogP contribution in [0.15, 0.2) is 48.8 Å². The molecule has 20 heavy (non-hydrogen) atoms. The molecule has 0 saturated carbocycles. The van der Waals surface area contributed by atoms with Crippen molar-refractivity contribution in [1.29, 1.82) is 0 Å². The van der Waals surface area contributed by atoms with Gasteiger partial charge < -0.3 is 0 Å². The fourth-order valence-electron chi connectivity index (χ4n) is 2.52. The summed E-state index contributed by atoms with van der Waals surface area (Å²) in [6, 6.07) is 14.7. The molecule has 3 nitrogen and oxygen atoms in total. The van der Waals surface area contributed by atoms with Crippen molar-refractivity contribution in [3.05, 3.63) is 65.5 Å². The Kier molecular flexibility index (Phi) is 3.11. The summed E-state index contributed by atoms with van der Waals surface area (Å²) < 4.78 is 2.04. The Balaban J connectivity index is 2.18. The number of hydrogen-bond donors (Lipinski definition) is 0. The summed E-state index contributed by atoms with van der Waals surface area (Å²) in [6.07, 6.45) is 1.77. The standard InChI is InChI=1S/C17H17N3/c1-12-8-13(2)10-15(9-12)20-11-18-19-17(20)16-7-5-4-6-14(16)3/h4-11H,1-3H3. The Hall–Kier alpha value is -2.42. The monoisotopic (exact) mass is 263 g/mol. The fourth-order valence-corrected chi connectivity index (χ4v) is 2.52. The second-order valence-corrected chi connectivity index (χ2v) is 5.19. The Morgan fingerprint density at radius 3 is 2.30 bits per heavy atom. The molecule has 0 aliphatic carbocycles. The highest BCUT2D eigenvalue weighted by atomic mass is 15.3. The molecule has 0 saturated heterocycles. The van der Waals surface area contributed by atoms with E-state index in [1.165, 1.54) is 16.7 Å². The highest BCUT2D eigenvalue weighted by molar-refractivity contribution is 5.62. The minimum atomic E-state index is 0.883. The molecule has 0 spiro atoms. The van der Waals surface area contributed by atoms with Gasteiger partial charge in [0.25, 0.3) is 0 Å². The lowest BCUT2D eigenvalue weighted by Gasteiger charge is -2.10. The van der Waals surface area contributed by atoms with Crippen LogP contribution < -0.4 is 0 Å². The number of nitrogens with zero attached hydrogens (tertiary/aromatic N) is 3. The SMILES string of the molecule is Cc1cc(C)cc(-n2cnnc2-c2ccccc2C)c1. The molecule has 0 aliphatic rings. The van der Waals surface area contributed by atoms with Gasteiger partial charge in [-0.1, -0.05) is 30.3 Å². The first-order valence-electron chi connectivity index (χ1n) is 6.70. The average Bonchev–Trinajstić information content (AvgIpc) is 2.87. The third-order valence-electron chi connectivity index (χ3n) is 3.42. The maximum Gasteiger partial charge on any atom is 0.168 e. The van der Waals surface area contributed by atoms with Crippen LogP contribution in [-0.4, -0.2) is 14.8 Å². The molecule has 0 unspecified atom stereocenters. The van der Waals surface area contributed by atoms with Gasteiger partial charge in [-0.05, 0) is 49.6 Å². The second-order valence-electron chi connectivity index (χ2n) is 5.19. The quantitative estimate of drug-likeness (QED) is 0.703. The minimum absolute atomic E-state index is 0.883. The van der Waals surface area contributed by atoms with Gasteiger partial charge >= 0.3 is 0 Å². The van der Waals surface area contributed by atoms with E-state index in [0.717, 1.165) is 17.1 Å². The van der Waals surface area contributed by atoms with Crippen LogP contribution in [-0.2, 0) is 0 Å². The van der Waals surface area contributed by atoms with Gasteiger partial charge in [0.05, 0.1) is 0 Å². The molecule has 100 valence electrons. The van der Waals surface area contributed by atoms with Gasteiger partial charge in [0.1, 0.15) is 6.33 Å². The smallest absolute Gasteiger partial charge is 0.168 e. The van der Waals surface area contributed by atoms with Crippen molar-refractivity contribution in [2.45, 2.75) is 20.8 Å². The third kappa shape index (κ3) is 2.23. The summed E-state index contributed by atoms with van der Waals surface area (Å²) in [5.74, 6) is 0.883. The summed E-state index contributed by atoms with van der Waals surface area (Å²) in [6.45, 7) is 6.30.